The van der Waals surface area contributed by atoms with E-state index in [0.717, 1.165) is 108 Å². The third-order valence-corrected chi connectivity index (χ3v) is 16.9. The van der Waals surface area contributed by atoms with Gasteiger partial charge in [-0.05, 0) is 118 Å². The number of piperidine rings is 2. The van der Waals surface area contributed by atoms with Crippen LogP contribution in [-0.4, -0.2) is 59.6 Å². The number of rotatable bonds is 11. The fraction of sp³-hybridized carbons (Fsp3) is 0.407. The molecule has 2 saturated heterocycles. The highest BCUT2D eigenvalue weighted by atomic mass is 127. The number of esters is 2. The molecule has 1 N–H and O–H groups in total. The molecule has 6 fully saturated rings. The number of hydrogen-bond acceptors (Lipinski definition) is 12. The zero-order valence-electron chi connectivity index (χ0n) is 38.9. The summed E-state index contributed by atoms with van der Waals surface area (Å²) in [6.07, 6.45) is 10.2. The molecule has 0 spiro atoms. The summed E-state index contributed by atoms with van der Waals surface area (Å²) in [5.41, 5.74) is 7.99. The number of ether oxygens (including phenoxy) is 4. The molecule has 6 aromatic rings. The summed E-state index contributed by atoms with van der Waals surface area (Å²) in [6.45, 7) is 2.97. The molecule has 18 heteroatoms. The fourth-order valence-electron chi connectivity index (χ4n) is 11.3. The first-order valence-electron chi connectivity index (χ1n) is 24.4. The minimum absolute atomic E-state index is 0. The van der Waals surface area contributed by atoms with Crippen molar-refractivity contribution in [2.45, 2.75) is 114 Å². The summed E-state index contributed by atoms with van der Waals surface area (Å²) in [5.74, 6) is 4.86. The number of nitrogens with one attached hydrogen (secondary N) is 1. The van der Waals surface area contributed by atoms with Crippen LogP contribution in [-0.2, 0) is 45.1 Å². The van der Waals surface area contributed by atoms with Crippen LogP contribution in [0.4, 0.5) is 5.69 Å². The van der Waals surface area contributed by atoms with Gasteiger partial charge in [-0.3, -0.25) is 9.59 Å². The largest absolute Gasteiger partial charge is 0.426 e. The maximum absolute atomic E-state index is 11.6. The van der Waals surface area contributed by atoms with E-state index in [2.05, 4.69) is 48.6 Å². The highest BCUT2D eigenvalue weighted by Gasteiger charge is 2.46. The van der Waals surface area contributed by atoms with E-state index in [1.165, 1.54) is 12.1 Å². The van der Waals surface area contributed by atoms with Crippen molar-refractivity contribution in [1.29, 1.82) is 0 Å². The molecule has 4 aliphatic heterocycles. The van der Waals surface area contributed by atoms with Gasteiger partial charge in [-0.15, -0.1) is 24.0 Å². The summed E-state index contributed by atoms with van der Waals surface area (Å²) >= 11 is 29.1. The van der Waals surface area contributed by atoms with Gasteiger partial charge < -0.3 is 38.2 Å². The summed E-state index contributed by atoms with van der Waals surface area (Å²) in [6, 6.07) is 23.7. The van der Waals surface area contributed by atoms with E-state index in [1.807, 2.05) is 54.6 Å². The van der Waals surface area contributed by atoms with Crippen LogP contribution in [0.25, 0.3) is 22.5 Å². The maximum atomic E-state index is 11.6. The van der Waals surface area contributed by atoms with Crippen LogP contribution < -0.4 is 19.7 Å². The van der Waals surface area contributed by atoms with Crippen molar-refractivity contribution in [3.05, 3.63) is 131 Å². The maximum Gasteiger partial charge on any atom is 0.315 e. The van der Waals surface area contributed by atoms with Gasteiger partial charge in [0, 0.05) is 86.5 Å². The van der Waals surface area contributed by atoms with Crippen molar-refractivity contribution in [2.24, 2.45) is 11.8 Å². The van der Waals surface area contributed by atoms with Crippen LogP contribution in [0.2, 0.25) is 20.1 Å². The second-order valence-corrected chi connectivity index (χ2v) is 22.5. The highest BCUT2D eigenvalue weighted by Crippen LogP contribution is 2.49. The second kappa shape index (κ2) is 21.1. The lowest BCUT2D eigenvalue weighted by Gasteiger charge is -2.33. The van der Waals surface area contributed by atoms with Gasteiger partial charge in [-0.1, -0.05) is 84.8 Å². The molecular formula is C54H50BrCl4IN4O8. The van der Waals surface area contributed by atoms with Crippen molar-refractivity contribution < 1.29 is 37.6 Å². The first-order valence-corrected chi connectivity index (χ1v) is 26.7. The number of anilines is 1. The van der Waals surface area contributed by atoms with Crippen molar-refractivity contribution in [3.63, 3.8) is 0 Å². The molecule has 6 atom stereocenters. The van der Waals surface area contributed by atoms with E-state index in [4.69, 9.17) is 74.4 Å². The minimum Gasteiger partial charge on any atom is -0.426 e. The van der Waals surface area contributed by atoms with Gasteiger partial charge in [0.1, 0.15) is 34.4 Å². The Bertz CT molecular complexity index is 3010. The lowest BCUT2D eigenvalue weighted by Crippen LogP contribution is -2.38. The van der Waals surface area contributed by atoms with Crippen LogP contribution in [0.15, 0.2) is 86.3 Å². The number of benzene rings is 4. The Hall–Kier alpha value is -3.71. The Morgan fingerprint density at radius 3 is 1.67 bits per heavy atom. The van der Waals surface area contributed by atoms with E-state index in [9.17, 15) is 9.59 Å². The number of aromatic nitrogens is 2. The molecular weight excluding hydrogens is 1180 g/mol. The summed E-state index contributed by atoms with van der Waals surface area (Å²) in [7, 11) is 0. The van der Waals surface area contributed by atoms with Crippen molar-refractivity contribution in [3.8, 4) is 34.0 Å². The van der Waals surface area contributed by atoms with Gasteiger partial charge in [0.2, 0.25) is 0 Å². The van der Waals surface area contributed by atoms with Gasteiger partial charge in [0.15, 0.2) is 0 Å². The first-order chi connectivity index (χ1) is 34.5. The van der Waals surface area contributed by atoms with Crippen molar-refractivity contribution in [2.75, 3.05) is 18.0 Å². The topological polar surface area (TPSA) is 138 Å². The molecule has 8 aliphatic rings. The fourth-order valence-corrected chi connectivity index (χ4v) is 12.9. The monoisotopic (exact) mass is 1230 g/mol. The molecule has 72 heavy (non-hydrogen) atoms. The van der Waals surface area contributed by atoms with Crippen LogP contribution >= 0.6 is 86.3 Å². The molecule has 4 aromatic carbocycles. The summed E-state index contributed by atoms with van der Waals surface area (Å²) in [4.78, 5) is 24.8. The van der Waals surface area contributed by atoms with E-state index in [0.29, 0.717) is 111 Å². The second-order valence-electron chi connectivity index (χ2n) is 19.9. The van der Waals surface area contributed by atoms with Crippen LogP contribution in [0.1, 0.15) is 97.0 Å². The standard InChI is InChI=1S/C27H24Cl2N2O4.C19H20Cl2N2O2.C8H5BrO2.HI/c28-20-2-1-3-21(29)25(20)26-19(27(35-30-26)14-4-5-14)13-33-23-11-18-9-16(23)12-31(18)17-6-7-22-15(8-17)10-24(32)34-22;20-14-2-1-3-15(21)17(14)18-13(19(25-23-18)10-4-5-10)9-24-16-7-12-6-11(16)8-22-12;9-6-1-2-7-5(3-6)4-8(10)11-7;/h1-3,6-8,14,16,18,23H,4-5,9-13H2;1-3,10-12,16,22H,4-9H2;1-3H,4H2;1H/t16-,18-,23+;11-,12-,16+;;/m00../s1. The van der Waals surface area contributed by atoms with E-state index < -0.39 is 0 Å². The first kappa shape index (κ1) is 50.4. The zero-order chi connectivity index (χ0) is 48.5. The van der Waals surface area contributed by atoms with Crippen LogP contribution in [0.3, 0.4) is 0 Å². The Kier molecular flexibility index (Phi) is 14.8. The minimum atomic E-state index is -0.176. The number of carbonyl (C=O) groups is 2. The molecule has 4 bridgehead atoms. The quantitative estimate of drug-likeness (QED) is 0.0751. The number of hydrogen-bond donors (Lipinski definition) is 1. The number of nitrogens with zero attached hydrogens (tertiary/aromatic N) is 3. The molecule has 12 nitrogen and oxygen atoms in total. The van der Waals surface area contributed by atoms with Crippen molar-refractivity contribution in [1.82, 2.24) is 15.6 Å². The summed E-state index contributed by atoms with van der Waals surface area (Å²) in [5, 5.41) is 14.5. The van der Waals surface area contributed by atoms with Gasteiger partial charge in [0.25, 0.3) is 0 Å². The highest BCUT2D eigenvalue weighted by molar-refractivity contribution is 14.0. The molecule has 2 aromatic heterocycles. The molecule has 376 valence electrons. The molecule has 14 rings (SSSR count). The number of halogens is 6. The number of carbonyl (C=O) groups excluding carboxylic acids is 2. The average molecular weight is 1230 g/mol. The average Bonchev–Trinajstić information content (AvgIpc) is 3.75. The Balaban J connectivity index is 0.000000131. The SMILES string of the molecule is Clc1cccc(Cl)c1-c1noc(C2CC2)c1CO[C@@H]1C[C@@H]2C[C@H]1CN2.I.O=C1Cc2cc(Br)ccc2O1.O=C1Cc2cc(N3C[C@@H]4C[C@H]3C[C@H]4OCc3c(-c4c(Cl)cccc4Cl)noc3C3CC3)ccc2O1. The van der Waals surface area contributed by atoms with E-state index >= 15 is 0 Å². The molecule has 6 heterocycles. The predicted molar refractivity (Wildman–Crippen MR) is 288 cm³/mol. The normalized spacial score (nSPS) is 24.0. The van der Waals surface area contributed by atoms with Crippen LogP contribution in [0.5, 0.6) is 11.5 Å². The van der Waals surface area contributed by atoms with Gasteiger partial charge in [-0.25, -0.2) is 0 Å². The third kappa shape index (κ3) is 10.3. The Morgan fingerprint density at radius 2 is 1.18 bits per heavy atom. The molecule has 4 saturated carbocycles. The predicted octanol–water partition coefficient (Wildman–Crippen LogP) is 13.5. The molecule has 0 amide bonds. The van der Waals surface area contributed by atoms with Crippen LogP contribution in [0, 0.1) is 11.8 Å². The van der Waals surface area contributed by atoms with E-state index in [1.54, 1.807) is 6.07 Å². The molecule has 0 radical (unpaired) electrons. The molecule has 0 unspecified atom stereocenters. The van der Waals surface area contributed by atoms with Gasteiger partial charge >= 0.3 is 11.9 Å². The number of fused-ring (bicyclic) bond motifs is 6. The van der Waals surface area contributed by atoms with E-state index in [-0.39, 0.29) is 42.0 Å². The van der Waals surface area contributed by atoms with Gasteiger partial charge in [0.05, 0.1) is 58.4 Å². The Labute approximate surface area is 462 Å². The third-order valence-electron chi connectivity index (χ3n) is 15.1. The lowest BCUT2D eigenvalue weighted by molar-refractivity contribution is -0.132. The smallest absolute Gasteiger partial charge is 0.315 e. The Morgan fingerprint density at radius 1 is 0.653 bits per heavy atom. The summed E-state index contributed by atoms with van der Waals surface area (Å²) < 4.78 is 35.5. The molecule has 4 aliphatic carbocycles. The lowest BCUT2D eigenvalue weighted by atomic mass is 10.0. The zero-order valence-corrected chi connectivity index (χ0v) is 45.8. The van der Waals surface area contributed by atoms with Crippen molar-refractivity contribution >= 4 is 104 Å². The van der Waals surface area contributed by atoms with Gasteiger partial charge in [-0.2, -0.15) is 0 Å².